The van der Waals surface area contributed by atoms with Gasteiger partial charge in [-0.2, -0.15) is 0 Å². The van der Waals surface area contributed by atoms with Crippen molar-refractivity contribution in [1.29, 1.82) is 0 Å². The summed E-state index contributed by atoms with van der Waals surface area (Å²) in [6.45, 7) is 8.65. The molecule has 0 aliphatic rings. The van der Waals surface area contributed by atoms with Crippen molar-refractivity contribution in [3.05, 3.63) is 41.5 Å². The molecule has 0 bridgehead atoms. The topological polar surface area (TPSA) is 84.0 Å². The van der Waals surface area contributed by atoms with E-state index in [2.05, 4.69) is 34.1 Å². The summed E-state index contributed by atoms with van der Waals surface area (Å²) in [7, 11) is -3.67. The fraction of sp³-hybridized carbons (Fsp3) is 0.375. The van der Waals surface area contributed by atoms with Crippen molar-refractivity contribution in [2.45, 2.75) is 32.6 Å². The van der Waals surface area contributed by atoms with Crippen LogP contribution >= 0.6 is 0 Å². The van der Waals surface area contributed by atoms with E-state index in [0.717, 1.165) is 12.1 Å². The molecule has 0 unspecified atom stereocenters. The van der Waals surface area contributed by atoms with Gasteiger partial charge in [0, 0.05) is 6.54 Å². The molecule has 1 aromatic carbocycles. The fourth-order valence-corrected chi connectivity index (χ4v) is 3.31. The van der Waals surface area contributed by atoms with Crippen molar-refractivity contribution in [1.82, 2.24) is 10.2 Å². The molecule has 0 aliphatic heterocycles. The first-order valence-electron chi connectivity index (χ1n) is 7.45. The lowest BCUT2D eigenvalue weighted by Gasteiger charge is -2.11. The third-order valence-electron chi connectivity index (χ3n) is 3.21. The Morgan fingerprint density at radius 1 is 1.04 bits per heavy atom. The molecule has 0 amide bonds. The van der Waals surface area contributed by atoms with E-state index in [1.807, 2.05) is 13.0 Å². The number of nitrogens with one attached hydrogen (secondary N) is 2. The second-order valence-corrected chi connectivity index (χ2v) is 7.60. The van der Waals surface area contributed by atoms with Gasteiger partial charge in [-0.15, -0.1) is 10.2 Å². The predicted octanol–water partition coefficient (Wildman–Crippen LogP) is 2.96. The van der Waals surface area contributed by atoms with Gasteiger partial charge in [0.05, 0.1) is 4.90 Å². The van der Waals surface area contributed by atoms with Gasteiger partial charge in [-0.05, 0) is 43.5 Å². The van der Waals surface area contributed by atoms with E-state index >= 15 is 0 Å². The number of rotatable bonds is 6. The van der Waals surface area contributed by atoms with E-state index in [9.17, 15) is 8.42 Å². The predicted molar refractivity (Wildman–Crippen MR) is 92.1 cm³/mol. The number of hydrogen-bond donors (Lipinski definition) is 2. The van der Waals surface area contributed by atoms with Crippen LogP contribution in [0.5, 0.6) is 0 Å². The molecule has 0 saturated heterocycles. The Balaban J connectivity index is 2.14. The highest BCUT2D eigenvalue weighted by Gasteiger charge is 2.17. The maximum Gasteiger partial charge on any atom is 0.263 e. The smallest absolute Gasteiger partial charge is 0.263 e. The molecule has 23 heavy (non-hydrogen) atoms. The van der Waals surface area contributed by atoms with Crippen LogP contribution in [0.25, 0.3) is 0 Å². The van der Waals surface area contributed by atoms with Gasteiger partial charge in [0.1, 0.15) is 5.82 Å². The first kappa shape index (κ1) is 17.2. The normalized spacial score (nSPS) is 11.5. The molecule has 2 N–H and O–H groups in total. The van der Waals surface area contributed by atoms with Gasteiger partial charge in [-0.1, -0.05) is 31.5 Å². The molecule has 0 spiro atoms. The Labute approximate surface area is 137 Å². The number of aromatic nitrogens is 2. The Kier molecular flexibility index (Phi) is 5.20. The summed E-state index contributed by atoms with van der Waals surface area (Å²) in [5, 5.41) is 11.0. The Hall–Kier alpha value is -2.15. The van der Waals surface area contributed by atoms with Crippen molar-refractivity contribution in [3.8, 4) is 0 Å². The monoisotopic (exact) mass is 334 g/mol. The van der Waals surface area contributed by atoms with Gasteiger partial charge in [0.2, 0.25) is 0 Å². The van der Waals surface area contributed by atoms with Crippen molar-refractivity contribution < 1.29 is 8.42 Å². The number of aryl methyl sites for hydroxylation is 2. The maximum absolute atomic E-state index is 12.4. The summed E-state index contributed by atoms with van der Waals surface area (Å²) in [4.78, 5) is 0.243. The number of anilines is 2. The minimum absolute atomic E-state index is 0.195. The SMILES string of the molecule is Cc1ccc(S(=O)(=O)Nc2ccc(NCC(C)C)nn2)c(C)c1. The quantitative estimate of drug-likeness (QED) is 0.848. The van der Waals surface area contributed by atoms with Crippen molar-refractivity contribution in [3.63, 3.8) is 0 Å². The van der Waals surface area contributed by atoms with E-state index < -0.39 is 10.0 Å². The van der Waals surface area contributed by atoms with Crippen LogP contribution in [0.3, 0.4) is 0 Å². The minimum atomic E-state index is -3.67. The van der Waals surface area contributed by atoms with Crippen LogP contribution in [0.15, 0.2) is 35.2 Å². The van der Waals surface area contributed by atoms with Gasteiger partial charge in [-0.25, -0.2) is 8.42 Å². The van der Waals surface area contributed by atoms with E-state index in [1.54, 1.807) is 31.2 Å². The van der Waals surface area contributed by atoms with E-state index in [-0.39, 0.29) is 10.7 Å². The van der Waals surface area contributed by atoms with Crippen molar-refractivity contribution >= 4 is 21.7 Å². The molecule has 0 radical (unpaired) electrons. The molecule has 1 aromatic heterocycles. The summed E-state index contributed by atoms with van der Waals surface area (Å²) in [5.74, 6) is 1.30. The molecule has 0 atom stereocenters. The first-order valence-corrected chi connectivity index (χ1v) is 8.94. The highest BCUT2D eigenvalue weighted by molar-refractivity contribution is 7.92. The average Bonchev–Trinajstić information content (AvgIpc) is 2.45. The third-order valence-corrected chi connectivity index (χ3v) is 4.73. The molecule has 0 aliphatic carbocycles. The first-order chi connectivity index (χ1) is 10.8. The van der Waals surface area contributed by atoms with E-state index in [4.69, 9.17) is 0 Å². The van der Waals surface area contributed by atoms with Gasteiger partial charge in [0.15, 0.2) is 5.82 Å². The average molecular weight is 334 g/mol. The largest absolute Gasteiger partial charge is 0.368 e. The second-order valence-electron chi connectivity index (χ2n) is 5.95. The molecule has 7 heteroatoms. The molecular formula is C16H22N4O2S. The maximum atomic E-state index is 12.4. The van der Waals surface area contributed by atoms with Gasteiger partial charge in [-0.3, -0.25) is 4.72 Å². The van der Waals surface area contributed by atoms with Crippen LogP contribution in [-0.2, 0) is 10.0 Å². The summed E-state index contributed by atoms with van der Waals surface area (Å²) in [6.07, 6.45) is 0. The van der Waals surface area contributed by atoms with Gasteiger partial charge >= 0.3 is 0 Å². The molecular weight excluding hydrogens is 312 g/mol. The highest BCUT2D eigenvalue weighted by Crippen LogP contribution is 2.19. The summed E-state index contributed by atoms with van der Waals surface area (Å²) in [6, 6.07) is 8.50. The lowest BCUT2D eigenvalue weighted by molar-refractivity contribution is 0.600. The summed E-state index contributed by atoms with van der Waals surface area (Å²) >= 11 is 0. The van der Waals surface area contributed by atoms with E-state index in [1.165, 1.54) is 0 Å². The van der Waals surface area contributed by atoms with Crippen LogP contribution in [0.2, 0.25) is 0 Å². The number of benzene rings is 1. The van der Waals surface area contributed by atoms with E-state index in [0.29, 0.717) is 17.3 Å². The molecule has 124 valence electrons. The Bertz CT molecular complexity index is 771. The number of nitrogens with zero attached hydrogens (tertiary/aromatic N) is 2. The lowest BCUT2D eigenvalue weighted by Crippen LogP contribution is -2.16. The second kappa shape index (κ2) is 6.95. The van der Waals surface area contributed by atoms with Gasteiger partial charge < -0.3 is 5.32 Å². The lowest BCUT2D eigenvalue weighted by atomic mass is 10.2. The zero-order valence-electron chi connectivity index (χ0n) is 13.8. The van der Waals surface area contributed by atoms with Crippen molar-refractivity contribution in [2.75, 3.05) is 16.6 Å². The van der Waals surface area contributed by atoms with Crippen LogP contribution in [0.1, 0.15) is 25.0 Å². The molecule has 2 aromatic rings. The van der Waals surface area contributed by atoms with Gasteiger partial charge in [0.25, 0.3) is 10.0 Å². The standard InChI is InChI=1S/C16H22N4O2S/c1-11(2)10-17-15-7-8-16(19-18-15)20-23(21,22)14-6-5-12(3)9-13(14)4/h5-9,11H,10H2,1-4H3,(H,17,18)(H,19,20). The van der Waals surface area contributed by atoms with Crippen LogP contribution < -0.4 is 10.0 Å². The molecule has 0 saturated carbocycles. The highest BCUT2D eigenvalue weighted by atomic mass is 32.2. The number of sulfonamides is 1. The zero-order valence-corrected chi connectivity index (χ0v) is 14.6. The van der Waals surface area contributed by atoms with Crippen LogP contribution in [0, 0.1) is 19.8 Å². The van der Waals surface area contributed by atoms with Crippen LogP contribution in [-0.4, -0.2) is 25.2 Å². The number of hydrogen-bond acceptors (Lipinski definition) is 5. The summed E-state index contributed by atoms with van der Waals surface area (Å²) < 4.78 is 27.3. The third kappa shape index (κ3) is 4.66. The fourth-order valence-electron chi connectivity index (χ4n) is 2.08. The molecule has 2 rings (SSSR count). The Morgan fingerprint density at radius 3 is 2.26 bits per heavy atom. The molecule has 6 nitrogen and oxygen atoms in total. The van der Waals surface area contributed by atoms with Crippen molar-refractivity contribution in [2.24, 2.45) is 5.92 Å². The van der Waals surface area contributed by atoms with Crippen LogP contribution in [0.4, 0.5) is 11.6 Å². The minimum Gasteiger partial charge on any atom is -0.368 e. The molecule has 0 fully saturated rings. The Morgan fingerprint density at radius 2 is 1.70 bits per heavy atom. The zero-order chi connectivity index (χ0) is 17.0. The molecule has 1 heterocycles. The summed E-state index contributed by atoms with van der Waals surface area (Å²) in [5.41, 5.74) is 1.71.